The number of hydrogen-bond donors (Lipinski definition) is 2. The summed E-state index contributed by atoms with van der Waals surface area (Å²) in [4.78, 5) is 34.5. The molecule has 1 heterocycles. The SMILES string of the molecule is CN(C)CCOc1ccc(/C=c2\[nH]c(=O)/c(=C/c3ccc(OCCN(C)C)cc3)[nH]c2=O)cc1.Cl.Cl. The summed E-state index contributed by atoms with van der Waals surface area (Å²) in [5.41, 5.74) is 0.812. The van der Waals surface area contributed by atoms with Crippen molar-refractivity contribution in [2.45, 2.75) is 0 Å². The number of likely N-dealkylation sites (N-methyl/N-ethyl adjacent to an activating group) is 2. The Morgan fingerprint density at radius 2 is 0.972 bits per heavy atom. The Morgan fingerprint density at radius 3 is 1.28 bits per heavy atom. The third kappa shape index (κ3) is 9.91. The lowest BCUT2D eigenvalue weighted by Crippen LogP contribution is -2.46. The van der Waals surface area contributed by atoms with Crippen LogP contribution in [0.15, 0.2) is 58.1 Å². The number of aromatic amines is 2. The number of ether oxygens (including phenoxy) is 2. The Morgan fingerprint density at radius 1 is 0.639 bits per heavy atom. The minimum Gasteiger partial charge on any atom is -0.492 e. The Hall–Kier alpha value is -3.04. The maximum atomic E-state index is 12.6. The van der Waals surface area contributed by atoms with E-state index in [-0.39, 0.29) is 46.6 Å². The first kappa shape index (κ1) is 31.0. The average Bonchev–Trinajstić information content (AvgIpc) is 2.79. The van der Waals surface area contributed by atoms with Crippen LogP contribution in [0.2, 0.25) is 0 Å². The highest BCUT2D eigenvalue weighted by Crippen LogP contribution is 2.13. The number of benzene rings is 2. The summed E-state index contributed by atoms with van der Waals surface area (Å²) in [6, 6.07) is 14.7. The minimum absolute atomic E-state index is 0. The van der Waals surface area contributed by atoms with Crippen molar-refractivity contribution in [3.63, 3.8) is 0 Å². The third-order valence-electron chi connectivity index (χ3n) is 4.98. The van der Waals surface area contributed by atoms with Gasteiger partial charge in [0.1, 0.15) is 35.4 Å². The highest BCUT2D eigenvalue weighted by molar-refractivity contribution is 5.85. The van der Waals surface area contributed by atoms with E-state index in [4.69, 9.17) is 9.47 Å². The van der Waals surface area contributed by atoms with Crippen molar-refractivity contribution in [1.29, 1.82) is 0 Å². The number of nitrogens with zero attached hydrogens (tertiary/aromatic N) is 2. The van der Waals surface area contributed by atoms with Gasteiger partial charge in [-0.05, 0) is 75.7 Å². The van der Waals surface area contributed by atoms with Crippen LogP contribution in [-0.2, 0) is 0 Å². The van der Waals surface area contributed by atoms with Gasteiger partial charge in [0.05, 0.1) is 0 Å². The molecule has 0 saturated carbocycles. The van der Waals surface area contributed by atoms with Gasteiger partial charge in [0.2, 0.25) is 0 Å². The number of aromatic nitrogens is 2. The van der Waals surface area contributed by atoms with Gasteiger partial charge in [-0.15, -0.1) is 24.8 Å². The summed E-state index contributed by atoms with van der Waals surface area (Å²) >= 11 is 0. The molecule has 2 N–H and O–H groups in total. The molecule has 3 aromatic rings. The first-order valence-corrected chi connectivity index (χ1v) is 11.1. The monoisotopic (exact) mass is 536 g/mol. The molecule has 0 atom stereocenters. The highest BCUT2D eigenvalue weighted by atomic mass is 35.5. The lowest BCUT2D eigenvalue weighted by Gasteiger charge is -2.10. The first-order valence-electron chi connectivity index (χ1n) is 11.1. The zero-order chi connectivity index (χ0) is 24.5. The van der Waals surface area contributed by atoms with Crippen LogP contribution in [0.25, 0.3) is 12.2 Å². The van der Waals surface area contributed by atoms with E-state index in [1.165, 1.54) is 0 Å². The van der Waals surface area contributed by atoms with E-state index < -0.39 is 0 Å². The largest absolute Gasteiger partial charge is 0.492 e. The summed E-state index contributed by atoms with van der Waals surface area (Å²) in [6.07, 6.45) is 3.26. The molecule has 0 aliphatic rings. The second-order valence-electron chi connectivity index (χ2n) is 8.47. The van der Waals surface area contributed by atoms with E-state index in [9.17, 15) is 9.59 Å². The van der Waals surface area contributed by atoms with E-state index in [0.29, 0.717) is 13.2 Å². The second-order valence-corrected chi connectivity index (χ2v) is 8.47. The van der Waals surface area contributed by atoms with Gasteiger partial charge in [0.25, 0.3) is 11.1 Å². The molecule has 10 heteroatoms. The third-order valence-corrected chi connectivity index (χ3v) is 4.98. The summed E-state index contributed by atoms with van der Waals surface area (Å²) in [7, 11) is 7.95. The number of hydrogen-bond acceptors (Lipinski definition) is 6. The normalized spacial score (nSPS) is 11.8. The molecule has 0 amide bonds. The van der Waals surface area contributed by atoms with Gasteiger partial charge in [-0.2, -0.15) is 0 Å². The van der Waals surface area contributed by atoms with Crippen LogP contribution in [0.3, 0.4) is 0 Å². The van der Waals surface area contributed by atoms with Crippen molar-refractivity contribution >= 4 is 37.0 Å². The lowest BCUT2D eigenvalue weighted by molar-refractivity contribution is 0.261. The fraction of sp³-hybridized carbons (Fsp3) is 0.308. The van der Waals surface area contributed by atoms with Crippen molar-refractivity contribution in [3.05, 3.63) is 91.1 Å². The van der Waals surface area contributed by atoms with Crippen molar-refractivity contribution in [1.82, 2.24) is 19.8 Å². The molecule has 0 aliphatic heterocycles. The Balaban J connectivity index is 0.00000324. The molecule has 0 aliphatic carbocycles. The van der Waals surface area contributed by atoms with Gasteiger partial charge >= 0.3 is 0 Å². The molecular formula is C26H34Cl2N4O4. The lowest BCUT2D eigenvalue weighted by atomic mass is 10.2. The van der Waals surface area contributed by atoms with Gasteiger partial charge < -0.3 is 29.2 Å². The maximum absolute atomic E-state index is 12.6. The molecule has 0 spiro atoms. The van der Waals surface area contributed by atoms with Crippen molar-refractivity contribution in [3.8, 4) is 11.5 Å². The summed E-state index contributed by atoms with van der Waals surface area (Å²) in [6.45, 7) is 2.82. The van der Waals surface area contributed by atoms with Crippen LogP contribution < -0.4 is 31.3 Å². The molecule has 1 aromatic heterocycles. The van der Waals surface area contributed by atoms with E-state index in [1.54, 1.807) is 12.2 Å². The van der Waals surface area contributed by atoms with E-state index in [1.807, 2.05) is 86.5 Å². The van der Waals surface area contributed by atoms with Crippen LogP contribution in [0.4, 0.5) is 0 Å². The van der Waals surface area contributed by atoms with Crippen molar-refractivity contribution in [2.75, 3.05) is 54.5 Å². The maximum Gasteiger partial charge on any atom is 0.272 e. The Labute approximate surface area is 223 Å². The van der Waals surface area contributed by atoms with Gasteiger partial charge in [-0.3, -0.25) is 9.59 Å². The molecule has 0 bridgehead atoms. The van der Waals surface area contributed by atoms with Crippen LogP contribution in [0, 0.1) is 0 Å². The number of rotatable bonds is 10. The van der Waals surface area contributed by atoms with Crippen LogP contribution in [0.5, 0.6) is 11.5 Å². The molecule has 0 radical (unpaired) electrons. The zero-order valence-corrected chi connectivity index (χ0v) is 22.6. The van der Waals surface area contributed by atoms with Crippen molar-refractivity contribution < 1.29 is 9.47 Å². The molecule has 3 rings (SSSR count). The number of halogens is 2. The smallest absolute Gasteiger partial charge is 0.272 e. The fourth-order valence-electron chi connectivity index (χ4n) is 3.04. The number of nitrogens with one attached hydrogen (secondary N) is 2. The first-order chi connectivity index (χ1) is 16.3. The van der Waals surface area contributed by atoms with Gasteiger partial charge in [-0.1, -0.05) is 24.3 Å². The topological polar surface area (TPSA) is 90.7 Å². The minimum atomic E-state index is -0.374. The van der Waals surface area contributed by atoms with Gasteiger partial charge in [0.15, 0.2) is 0 Å². The summed E-state index contributed by atoms with van der Waals surface area (Å²) < 4.78 is 11.4. The standard InChI is InChI=1S/C26H32N4O4.2ClH/c1-29(2)13-15-33-21-9-5-19(6-10-21)17-23-25(31)28-24(26(32)27-23)18-20-7-11-22(12-8-20)34-16-14-30(3)4;;/h5-12,17-18H,13-16H2,1-4H3,(H,27,32)(H,28,31);2*1H/b23-17-,24-18-;;. The molecular weight excluding hydrogens is 503 g/mol. The van der Waals surface area contributed by atoms with Gasteiger partial charge in [0, 0.05) is 13.1 Å². The molecule has 0 saturated heterocycles. The van der Waals surface area contributed by atoms with Crippen molar-refractivity contribution in [2.24, 2.45) is 0 Å². The summed E-state index contributed by atoms with van der Waals surface area (Å²) in [5, 5.41) is 0.376. The van der Waals surface area contributed by atoms with E-state index in [2.05, 4.69) is 9.97 Å². The molecule has 36 heavy (non-hydrogen) atoms. The second kappa shape index (κ2) is 15.2. The molecule has 8 nitrogen and oxygen atoms in total. The van der Waals surface area contributed by atoms with Crippen LogP contribution >= 0.6 is 24.8 Å². The molecule has 0 unspecified atom stereocenters. The molecule has 2 aromatic carbocycles. The highest BCUT2D eigenvalue weighted by Gasteiger charge is 2.00. The van der Waals surface area contributed by atoms with Gasteiger partial charge in [-0.25, -0.2) is 0 Å². The molecule has 0 fully saturated rings. The summed E-state index contributed by atoms with van der Waals surface area (Å²) in [5.74, 6) is 1.50. The van der Waals surface area contributed by atoms with Crippen LogP contribution in [0.1, 0.15) is 11.1 Å². The van der Waals surface area contributed by atoms with E-state index >= 15 is 0 Å². The van der Waals surface area contributed by atoms with Crippen LogP contribution in [-0.4, -0.2) is 74.3 Å². The Bertz CT molecular complexity index is 1200. The number of H-pyrrole nitrogens is 2. The Kier molecular flexibility index (Phi) is 13.0. The zero-order valence-electron chi connectivity index (χ0n) is 20.9. The predicted octanol–water partition coefficient (Wildman–Crippen LogP) is 1.45. The predicted molar refractivity (Wildman–Crippen MR) is 150 cm³/mol. The molecule has 196 valence electrons. The quantitative estimate of drug-likeness (QED) is 0.407. The fourth-order valence-corrected chi connectivity index (χ4v) is 3.04. The van der Waals surface area contributed by atoms with E-state index in [0.717, 1.165) is 35.7 Å². The average molecular weight is 537 g/mol.